The van der Waals surface area contributed by atoms with Crippen LogP contribution >= 0.6 is 0 Å². The number of amidine groups is 1. The minimum absolute atomic E-state index is 0.00178. The first-order valence-electron chi connectivity index (χ1n) is 13.6. The van der Waals surface area contributed by atoms with Gasteiger partial charge in [-0.3, -0.25) is 19.9 Å². The van der Waals surface area contributed by atoms with Gasteiger partial charge in [-0.15, -0.1) is 0 Å². The Morgan fingerprint density at radius 1 is 0.886 bits per heavy atom. The average Bonchev–Trinajstić information content (AvgIpc) is 3.21. The van der Waals surface area contributed by atoms with Crippen LogP contribution in [0.25, 0.3) is 0 Å². The quantitative estimate of drug-likeness (QED) is 0.301. The van der Waals surface area contributed by atoms with Gasteiger partial charge in [0.15, 0.2) is 0 Å². The third-order valence-corrected chi connectivity index (χ3v) is 9.45. The zero-order chi connectivity index (χ0) is 25.1. The van der Waals surface area contributed by atoms with E-state index >= 15 is 0 Å². The molecule has 2 amide bonds. The molecule has 7 atom stereocenters. The van der Waals surface area contributed by atoms with Crippen molar-refractivity contribution < 1.29 is 19.1 Å². The van der Waals surface area contributed by atoms with Crippen LogP contribution in [0.4, 0.5) is 0 Å². The summed E-state index contributed by atoms with van der Waals surface area (Å²) in [5, 5.41) is 11.4. The van der Waals surface area contributed by atoms with Gasteiger partial charge < -0.3 is 26.3 Å². The fourth-order valence-electron chi connectivity index (χ4n) is 7.32. The van der Waals surface area contributed by atoms with E-state index in [2.05, 4.69) is 10.2 Å². The van der Waals surface area contributed by atoms with Gasteiger partial charge in [-0.05, 0) is 82.5 Å². The first kappa shape index (κ1) is 26.4. The summed E-state index contributed by atoms with van der Waals surface area (Å²) in [5.74, 6) is 1.25. The Balaban J connectivity index is 1.43. The average molecular weight is 492 g/mol. The van der Waals surface area contributed by atoms with Crippen molar-refractivity contribution in [1.29, 1.82) is 5.41 Å². The maximum atomic E-state index is 13.7. The van der Waals surface area contributed by atoms with Gasteiger partial charge >= 0.3 is 0 Å². The van der Waals surface area contributed by atoms with Gasteiger partial charge in [-0.25, -0.2) is 0 Å². The van der Waals surface area contributed by atoms with Gasteiger partial charge in [0.2, 0.25) is 11.8 Å². The van der Waals surface area contributed by atoms with Crippen LogP contribution < -0.4 is 16.8 Å². The molecule has 9 nitrogen and oxygen atoms in total. The maximum Gasteiger partial charge on any atom is 0.237 e. The van der Waals surface area contributed by atoms with Gasteiger partial charge in [-0.1, -0.05) is 0 Å². The lowest BCUT2D eigenvalue weighted by atomic mass is 9.77. The number of rotatable bonds is 8. The SMILES string of the molecule is COC1CCC(NC(=O)C2CC3CCC(C(=N)N)CC3N2CC2CCC(C(N)=O)CC2)CC1OC. The highest BCUT2D eigenvalue weighted by Gasteiger charge is 2.48. The van der Waals surface area contributed by atoms with Crippen LogP contribution in [0.3, 0.4) is 0 Å². The zero-order valence-electron chi connectivity index (χ0n) is 21.4. The standard InChI is InChI=1S/C26H45N5O4/c1-34-22-10-9-19(13-23(22)35-2)30-26(33)21-11-17-7-8-18(24(27)28)12-20(17)31(21)14-15-3-5-16(6-4-15)25(29)32/h15-23H,3-14H2,1-2H3,(H3,27,28)(H2,29,32)(H,30,33). The minimum atomic E-state index is -0.184. The van der Waals surface area contributed by atoms with E-state index in [0.29, 0.717) is 17.9 Å². The molecule has 7 unspecified atom stereocenters. The van der Waals surface area contributed by atoms with Crippen LogP contribution in [0.15, 0.2) is 0 Å². The summed E-state index contributed by atoms with van der Waals surface area (Å²) in [6.45, 7) is 0.868. The van der Waals surface area contributed by atoms with Crippen LogP contribution in [-0.2, 0) is 19.1 Å². The molecule has 6 N–H and O–H groups in total. The van der Waals surface area contributed by atoms with Gasteiger partial charge in [0.05, 0.1) is 24.1 Å². The van der Waals surface area contributed by atoms with Crippen molar-refractivity contribution in [3.8, 4) is 0 Å². The molecule has 0 spiro atoms. The predicted molar refractivity (Wildman–Crippen MR) is 134 cm³/mol. The Morgan fingerprint density at radius 3 is 2.20 bits per heavy atom. The number of nitrogens with zero attached hydrogens (tertiary/aromatic N) is 1. The molecule has 0 aromatic rings. The molecule has 0 radical (unpaired) electrons. The molecule has 35 heavy (non-hydrogen) atoms. The summed E-state index contributed by atoms with van der Waals surface area (Å²) in [5.41, 5.74) is 11.5. The van der Waals surface area contributed by atoms with Gasteiger partial charge in [0.25, 0.3) is 0 Å². The molecule has 1 saturated heterocycles. The van der Waals surface area contributed by atoms with Gasteiger partial charge in [0, 0.05) is 44.7 Å². The van der Waals surface area contributed by atoms with Crippen molar-refractivity contribution in [3.05, 3.63) is 0 Å². The highest BCUT2D eigenvalue weighted by atomic mass is 16.5. The van der Waals surface area contributed by atoms with E-state index < -0.39 is 0 Å². The van der Waals surface area contributed by atoms with Crippen molar-refractivity contribution >= 4 is 17.6 Å². The topological polar surface area (TPSA) is 144 Å². The molecule has 1 aliphatic heterocycles. The number of likely N-dealkylation sites (tertiary alicyclic amines) is 1. The zero-order valence-corrected chi connectivity index (χ0v) is 21.4. The second kappa shape index (κ2) is 11.6. The van der Waals surface area contributed by atoms with E-state index in [1.54, 1.807) is 14.2 Å². The number of ether oxygens (including phenoxy) is 2. The first-order chi connectivity index (χ1) is 16.8. The number of hydrogen-bond donors (Lipinski definition) is 4. The number of nitrogens with two attached hydrogens (primary N) is 2. The van der Waals surface area contributed by atoms with E-state index in [9.17, 15) is 9.59 Å². The summed E-state index contributed by atoms with van der Waals surface area (Å²) in [6, 6.07) is 0.239. The van der Waals surface area contributed by atoms with Gasteiger partial charge in [0.1, 0.15) is 0 Å². The highest BCUT2D eigenvalue weighted by Crippen LogP contribution is 2.43. The molecule has 4 fully saturated rings. The van der Waals surface area contributed by atoms with Crippen molar-refractivity contribution in [2.75, 3.05) is 20.8 Å². The second-order valence-corrected chi connectivity index (χ2v) is 11.4. The Bertz CT molecular complexity index is 771. The molecule has 0 aromatic heterocycles. The molecule has 3 aliphatic carbocycles. The number of carbonyl (C=O) groups is 2. The Kier molecular flexibility index (Phi) is 8.71. The van der Waals surface area contributed by atoms with Crippen LogP contribution in [-0.4, -0.2) is 73.6 Å². The first-order valence-corrected chi connectivity index (χ1v) is 13.6. The summed E-state index contributed by atoms with van der Waals surface area (Å²) < 4.78 is 11.2. The van der Waals surface area contributed by atoms with E-state index in [1.165, 1.54) is 0 Å². The summed E-state index contributed by atoms with van der Waals surface area (Å²) in [4.78, 5) is 27.7. The third kappa shape index (κ3) is 6.00. The molecule has 0 bridgehead atoms. The number of nitrogens with one attached hydrogen (secondary N) is 2. The number of carbonyl (C=O) groups excluding carboxylic acids is 2. The number of primary amides is 1. The molecule has 9 heteroatoms. The van der Waals surface area contributed by atoms with Crippen LogP contribution in [0.1, 0.15) is 70.6 Å². The normalized spacial score (nSPS) is 40.1. The van der Waals surface area contributed by atoms with Crippen molar-refractivity contribution in [3.63, 3.8) is 0 Å². The Hall–Kier alpha value is -1.71. The number of fused-ring (bicyclic) bond motifs is 1. The molecule has 4 aliphatic rings. The van der Waals surface area contributed by atoms with Gasteiger partial charge in [-0.2, -0.15) is 0 Å². The molecule has 198 valence electrons. The highest BCUT2D eigenvalue weighted by molar-refractivity contribution is 5.83. The van der Waals surface area contributed by atoms with Crippen molar-refractivity contribution in [2.45, 2.75) is 101 Å². The van der Waals surface area contributed by atoms with Crippen LogP contribution in [0, 0.1) is 29.1 Å². The lowest BCUT2D eigenvalue weighted by Crippen LogP contribution is -2.53. The summed E-state index contributed by atoms with van der Waals surface area (Å²) in [6.07, 6.45) is 9.96. The minimum Gasteiger partial charge on any atom is -0.387 e. The maximum absolute atomic E-state index is 13.7. The van der Waals surface area contributed by atoms with E-state index in [0.717, 1.165) is 77.2 Å². The summed E-state index contributed by atoms with van der Waals surface area (Å²) in [7, 11) is 3.43. The molecule has 3 saturated carbocycles. The summed E-state index contributed by atoms with van der Waals surface area (Å²) >= 11 is 0. The number of amides is 2. The fraction of sp³-hybridized carbons (Fsp3) is 0.885. The smallest absolute Gasteiger partial charge is 0.237 e. The fourth-order valence-corrected chi connectivity index (χ4v) is 7.32. The predicted octanol–water partition coefficient (Wildman–Crippen LogP) is 1.77. The third-order valence-electron chi connectivity index (χ3n) is 9.45. The van der Waals surface area contributed by atoms with E-state index in [4.69, 9.17) is 26.4 Å². The van der Waals surface area contributed by atoms with Crippen molar-refractivity contribution in [1.82, 2.24) is 10.2 Å². The second-order valence-electron chi connectivity index (χ2n) is 11.4. The van der Waals surface area contributed by atoms with Crippen molar-refractivity contribution in [2.24, 2.45) is 35.1 Å². The van der Waals surface area contributed by atoms with Crippen LogP contribution in [0.5, 0.6) is 0 Å². The monoisotopic (exact) mass is 491 g/mol. The Labute approximate surface area is 209 Å². The van der Waals surface area contributed by atoms with E-state index in [1.807, 2.05) is 0 Å². The lowest BCUT2D eigenvalue weighted by molar-refractivity contribution is -0.128. The number of methoxy groups -OCH3 is 2. The largest absolute Gasteiger partial charge is 0.387 e. The van der Waals surface area contributed by atoms with E-state index in [-0.39, 0.29) is 53.8 Å². The molecular formula is C26H45N5O4. The Morgan fingerprint density at radius 2 is 1.57 bits per heavy atom. The number of hydrogen-bond acceptors (Lipinski definition) is 6. The van der Waals surface area contributed by atoms with Crippen LogP contribution in [0.2, 0.25) is 0 Å². The lowest BCUT2D eigenvalue weighted by Gasteiger charge is -2.40. The molecule has 0 aromatic carbocycles. The molecular weight excluding hydrogens is 446 g/mol. The molecule has 4 rings (SSSR count). The molecule has 1 heterocycles.